The van der Waals surface area contributed by atoms with Gasteiger partial charge < -0.3 is 21.7 Å². The average Bonchev–Trinajstić information content (AvgIpc) is 2.34. The molecule has 3 amide bonds. The molecule has 0 aromatic carbocycles. The molecule has 0 unspecified atom stereocenters. The van der Waals surface area contributed by atoms with Gasteiger partial charge in [0, 0.05) is 30.8 Å². The summed E-state index contributed by atoms with van der Waals surface area (Å²) < 4.78 is 0.710. The van der Waals surface area contributed by atoms with Crippen molar-refractivity contribution in [2.75, 3.05) is 25.5 Å². The highest BCUT2D eigenvalue weighted by Crippen LogP contribution is 2.17. The number of hydrogen-bond acceptors (Lipinski definition) is 4. The third kappa shape index (κ3) is 4.21. The number of primary amides is 1. The molecule has 1 rings (SSSR count). The smallest absolute Gasteiger partial charge is 0.312 e. The average molecular weight is 316 g/mol. The summed E-state index contributed by atoms with van der Waals surface area (Å²) in [5.41, 5.74) is 5.32. The summed E-state index contributed by atoms with van der Waals surface area (Å²) in [6, 6.07) is 1.04. The molecular weight excluding hydrogens is 302 g/mol. The van der Waals surface area contributed by atoms with E-state index in [2.05, 4.69) is 36.9 Å². The van der Waals surface area contributed by atoms with E-state index in [-0.39, 0.29) is 19.0 Å². The van der Waals surface area contributed by atoms with E-state index < -0.39 is 6.03 Å². The van der Waals surface area contributed by atoms with Crippen LogP contribution >= 0.6 is 15.9 Å². The first kappa shape index (κ1) is 14.2. The summed E-state index contributed by atoms with van der Waals surface area (Å²) in [4.78, 5) is 26.4. The lowest BCUT2D eigenvalue weighted by molar-refractivity contribution is 0.0954. The van der Waals surface area contributed by atoms with Gasteiger partial charge in [0.05, 0.1) is 5.56 Å². The lowest BCUT2D eigenvalue weighted by atomic mass is 10.2. The van der Waals surface area contributed by atoms with E-state index in [1.54, 1.807) is 19.3 Å². The Morgan fingerprint density at radius 3 is 2.67 bits per heavy atom. The first-order valence-corrected chi connectivity index (χ1v) is 5.98. The van der Waals surface area contributed by atoms with E-state index in [1.807, 2.05) is 0 Å². The molecule has 98 valence electrons. The highest BCUT2D eigenvalue weighted by molar-refractivity contribution is 9.10. The van der Waals surface area contributed by atoms with Crippen LogP contribution in [0.1, 0.15) is 10.4 Å². The number of nitrogens with two attached hydrogens (primary N) is 1. The molecule has 0 saturated carbocycles. The Morgan fingerprint density at radius 1 is 1.39 bits per heavy atom. The van der Waals surface area contributed by atoms with Gasteiger partial charge in [0.15, 0.2) is 0 Å². The van der Waals surface area contributed by atoms with Crippen molar-refractivity contribution in [1.29, 1.82) is 0 Å². The molecule has 0 radical (unpaired) electrons. The molecule has 0 saturated heterocycles. The maximum Gasteiger partial charge on any atom is 0.312 e. The standard InChI is InChI=1S/C10H14BrN5O2/c1-13-8-7(4-6(11)5-16-8)9(17)14-2-3-15-10(12)18/h4-5H,2-3H2,1H3,(H,13,16)(H,14,17)(H3,12,15,18). The highest BCUT2D eigenvalue weighted by atomic mass is 79.9. The summed E-state index contributed by atoms with van der Waals surface area (Å²) in [6.45, 7) is 0.564. The van der Waals surface area contributed by atoms with Gasteiger partial charge in [-0.1, -0.05) is 0 Å². The van der Waals surface area contributed by atoms with Crippen molar-refractivity contribution in [3.8, 4) is 0 Å². The molecule has 0 spiro atoms. The lowest BCUT2D eigenvalue weighted by Crippen LogP contribution is -2.37. The molecule has 0 aliphatic rings. The van der Waals surface area contributed by atoms with Gasteiger partial charge in [-0.25, -0.2) is 9.78 Å². The van der Waals surface area contributed by atoms with Crippen molar-refractivity contribution in [2.45, 2.75) is 0 Å². The summed E-state index contributed by atoms with van der Waals surface area (Å²) in [5.74, 6) is 0.206. The van der Waals surface area contributed by atoms with Crippen molar-refractivity contribution < 1.29 is 9.59 Å². The summed E-state index contributed by atoms with van der Waals surface area (Å²) >= 11 is 3.25. The Morgan fingerprint density at radius 2 is 2.06 bits per heavy atom. The summed E-state index contributed by atoms with van der Waals surface area (Å²) in [7, 11) is 1.68. The predicted octanol–water partition coefficient (Wildman–Crippen LogP) is 0.284. The number of urea groups is 1. The number of carbonyl (C=O) groups excluding carboxylic acids is 2. The van der Waals surface area contributed by atoms with Gasteiger partial charge in [0.2, 0.25) is 0 Å². The number of amides is 3. The Bertz CT molecular complexity index is 452. The fraction of sp³-hybridized carbons (Fsp3) is 0.300. The van der Waals surface area contributed by atoms with Crippen molar-refractivity contribution in [2.24, 2.45) is 5.73 Å². The van der Waals surface area contributed by atoms with Crippen LogP contribution in [0.25, 0.3) is 0 Å². The van der Waals surface area contributed by atoms with E-state index in [1.165, 1.54) is 0 Å². The second-order valence-corrected chi connectivity index (χ2v) is 4.26. The first-order valence-electron chi connectivity index (χ1n) is 5.19. The molecule has 18 heavy (non-hydrogen) atoms. The molecule has 7 nitrogen and oxygen atoms in total. The number of hydrogen-bond donors (Lipinski definition) is 4. The quantitative estimate of drug-likeness (QED) is 0.585. The number of halogens is 1. The van der Waals surface area contributed by atoms with E-state index in [4.69, 9.17) is 5.73 Å². The fourth-order valence-electron chi connectivity index (χ4n) is 1.27. The van der Waals surface area contributed by atoms with Gasteiger partial charge in [-0.15, -0.1) is 0 Å². The van der Waals surface area contributed by atoms with Gasteiger partial charge >= 0.3 is 6.03 Å². The van der Waals surface area contributed by atoms with Crippen LogP contribution < -0.4 is 21.7 Å². The van der Waals surface area contributed by atoms with Gasteiger partial charge in [-0.2, -0.15) is 0 Å². The molecule has 0 aliphatic carbocycles. The zero-order chi connectivity index (χ0) is 13.5. The van der Waals surface area contributed by atoms with Gasteiger partial charge in [0.1, 0.15) is 5.82 Å². The first-order chi connectivity index (χ1) is 8.54. The Kier molecular flexibility index (Phi) is 5.37. The zero-order valence-corrected chi connectivity index (χ0v) is 11.4. The molecule has 0 atom stereocenters. The van der Waals surface area contributed by atoms with E-state index in [0.29, 0.717) is 15.9 Å². The van der Waals surface area contributed by atoms with Crippen LogP contribution in [0.15, 0.2) is 16.7 Å². The second-order valence-electron chi connectivity index (χ2n) is 3.35. The predicted molar refractivity (Wildman–Crippen MR) is 71.4 cm³/mol. The summed E-state index contributed by atoms with van der Waals surface area (Å²) in [6.07, 6.45) is 1.59. The van der Waals surface area contributed by atoms with Crippen molar-refractivity contribution in [3.63, 3.8) is 0 Å². The minimum atomic E-state index is -0.621. The molecule has 5 N–H and O–H groups in total. The van der Waals surface area contributed by atoms with Crippen molar-refractivity contribution in [1.82, 2.24) is 15.6 Å². The van der Waals surface area contributed by atoms with Gasteiger partial charge in [0.25, 0.3) is 5.91 Å². The maximum absolute atomic E-state index is 11.9. The highest BCUT2D eigenvalue weighted by Gasteiger charge is 2.11. The van der Waals surface area contributed by atoms with Crippen LogP contribution in [-0.4, -0.2) is 37.1 Å². The van der Waals surface area contributed by atoms with E-state index in [9.17, 15) is 9.59 Å². The minimum absolute atomic E-state index is 0.275. The molecule has 0 fully saturated rings. The number of nitrogens with one attached hydrogen (secondary N) is 3. The number of anilines is 1. The largest absolute Gasteiger partial charge is 0.372 e. The van der Waals surface area contributed by atoms with E-state index in [0.717, 1.165) is 0 Å². The number of nitrogens with zero attached hydrogens (tertiary/aromatic N) is 1. The zero-order valence-electron chi connectivity index (χ0n) is 9.79. The lowest BCUT2D eigenvalue weighted by Gasteiger charge is -2.09. The third-order valence-corrected chi connectivity index (χ3v) is 2.48. The van der Waals surface area contributed by atoms with Crippen molar-refractivity contribution in [3.05, 3.63) is 22.3 Å². The number of carbonyl (C=O) groups is 2. The Labute approximate surface area is 113 Å². The van der Waals surface area contributed by atoms with Crippen LogP contribution in [0.5, 0.6) is 0 Å². The molecule has 0 bridgehead atoms. The van der Waals surface area contributed by atoms with Gasteiger partial charge in [-0.05, 0) is 22.0 Å². The number of pyridine rings is 1. The molecular formula is C10H14BrN5O2. The fourth-order valence-corrected chi connectivity index (χ4v) is 1.60. The molecule has 8 heteroatoms. The Balaban J connectivity index is 2.60. The summed E-state index contributed by atoms with van der Waals surface area (Å²) in [5, 5.41) is 7.85. The van der Waals surface area contributed by atoms with Gasteiger partial charge in [-0.3, -0.25) is 4.79 Å². The van der Waals surface area contributed by atoms with E-state index >= 15 is 0 Å². The van der Waals surface area contributed by atoms with Crippen LogP contribution in [0.3, 0.4) is 0 Å². The second kappa shape index (κ2) is 6.80. The molecule has 1 aromatic heterocycles. The number of rotatable bonds is 5. The molecule has 1 aromatic rings. The number of aromatic nitrogens is 1. The van der Waals surface area contributed by atoms with Crippen LogP contribution in [0.4, 0.5) is 10.6 Å². The maximum atomic E-state index is 11.9. The third-order valence-electron chi connectivity index (χ3n) is 2.05. The molecule has 1 heterocycles. The van der Waals surface area contributed by atoms with Crippen LogP contribution in [0, 0.1) is 0 Å². The molecule has 0 aliphatic heterocycles. The topological polar surface area (TPSA) is 109 Å². The monoisotopic (exact) mass is 315 g/mol. The minimum Gasteiger partial charge on any atom is -0.372 e. The normalized spacial score (nSPS) is 9.67. The van der Waals surface area contributed by atoms with Crippen LogP contribution in [-0.2, 0) is 0 Å². The van der Waals surface area contributed by atoms with Crippen LogP contribution in [0.2, 0.25) is 0 Å². The van der Waals surface area contributed by atoms with Crippen molar-refractivity contribution >= 4 is 33.7 Å². The Hall–Kier alpha value is -1.83. The SMILES string of the molecule is CNc1ncc(Br)cc1C(=O)NCCNC(N)=O.